The van der Waals surface area contributed by atoms with Gasteiger partial charge in [0.15, 0.2) is 6.61 Å². The summed E-state index contributed by atoms with van der Waals surface area (Å²) in [4.78, 5) is 39.5. The summed E-state index contributed by atoms with van der Waals surface area (Å²) >= 11 is 0. The third kappa shape index (κ3) is 3.29. The topological polar surface area (TPSA) is 81.8 Å². The number of rotatable bonds is 3. The van der Waals surface area contributed by atoms with Crippen LogP contribution in [0.15, 0.2) is 44.3 Å². The highest BCUT2D eigenvalue weighted by molar-refractivity contribution is 5.86. The molecule has 33 heavy (non-hydrogen) atoms. The van der Waals surface area contributed by atoms with Crippen LogP contribution in [-0.2, 0) is 24.2 Å². The van der Waals surface area contributed by atoms with Crippen LogP contribution in [-0.4, -0.2) is 35.1 Å². The number of amides is 1. The van der Waals surface area contributed by atoms with Gasteiger partial charge in [-0.2, -0.15) is 0 Å². The number of pyridine rings is 1. The lowest BCUT2D eigenvalue weighted by Gasteiger charge is -2.42. The number of piperidine rings is 1. The maximum absolute atomic E-state index is 13.0. The minimum Gasteiger partial charge on any atom is -0.483 e. The zero-order chi connectivity index (χ0) is 22.7. The van der Waals surface area contributed by atoms with Gasteiger partial charge in [0.2, 0.25) is 0 Å². The average Bonchev–Trinajstić information content (AvgIpc) is 3.31. The Kier molecular flexibility index (Phi) is 4.67. The zero-order valence-electron chi connectivity index (χ0n) is 18.6. The van der Waals surface area contributed by atoms with E-state index in [0.717, 1.165) is 53.5 Å². The summed E-state index contributed by atoms with van der Waals surface area (Å²) in [5.41, 5.74) is 3.98. The molecule has 170 valence electrons. The van der Waals surface area contributed by atoms with Gasteiger partial charge in [0, 0.05) is 53.8 Å². The molecule has 2 aliphatic heterocycles. The summed E-state index contributed by atoms with van der Waals surface area (Å²) in [5.74, 6) is 0.950. The molecule has 0 unspecified atom stereocenters. The van der Waals surface area contributed by atoms with E-state index in [9.17, 15) is 14.4 Å². The van der Waals surface area contributed by atoms with Gasteiger partial charge in [-0.15, -0.1) is 0 Å². The number of carbonyl (C=O) groups excluding carboxylic acids is 1. The second-order valence-electron chi connectivity index (χ2n) is 9.55. The van der Waals surface area contributed by atoms with Crippen LogP contribution < -0.4 is 15.9 Å². The highest BCUT2D eigenvalue weighted by atomic mass is 16.5. The number of likely N-dealkylation sites (tertiary alicyclic amines) is 1. The second-order valence-corrected chi connectivity index (χ2v) is 9.55. The highest BCUT2D eigenvalue weighted by Gasteiger charge is 2.36. The summed E-state index contributed by atoms with van der Waals surface area (Å²) in [6, 6.07) is 9.21. The van der Waals surface area contributed by atoms with Crippen molar-refractivity contribution in [3.8, 4) is 5.75 Å². The van der Waals surface area contributed by atoms with Gasteiger partial charge in [0.05, 0.1) is 0 Å². The van der Waals surface area contributed by atoms with Crippen LogP contribution in [0, 0.1) is 12.8 Å². The number of carbonyl (C=O) groups is 1. The van der Waals surface area contributed by atoms with Crippen molar-refractivity contribution in [3.63, 3.8) is 0 Å². The Morgan fingerprint density at radius 2 is 1.94 bits per heavy atom. The van der Waals surface area contributed by atoms with Gasteiger partial charge in [-0.1, -0.05) is 6.07 Å². The molecule has 0 N–H and O–H groups in total. The van der Waals surface area contributed by atoms with E-state index in [1.807, 2.05) is 34.6 Å². The van der Waals surface area contributed by atoms with Gasteiger partial charge < -0.3 is 18.6 Å². The van der Waals surface area contributed by atoms with Crippen LogP contribution in [0.5, 0.6) is 5.75 Å². The Labute approximate surface area is 190 Å². The molecule has 7 heteroatoms. The molecule has 0 saturated carbocycles. The summed E-state index contributed by atoms with van der Waals surface area (Å²) in [6.07, 6.45) is 3.64. The van der Waals surface area contributed by atoms with Crippen molar-refractivity contribution in [2.45, 2.75) is 45.1 Å². The number of hydrogen-bond acceptors (Lipinski definition) is 5. The van der Waals surface area contributed by atoms with Crippen LogP contribution in [0.1, 0.15) is 41.1 Å². The quantitative estimate of drug-likeness (QED) is 0.578. The molecule has 7 nitrogen and oxygen atoms in total. The van der Waals surface area contributed by atoms with E-state index < -0.39 is 0 Å². The molecule has 1 fully saturated rings. The number of aryl methyl sites for hydroxylation is 2. The van der Waals surface area contributed by atoms with Crippen LogP contribution in [0.25, 0.3) is 11.0 Å². The van der Waals surface area contributed by atoms with Crippen LogP contribution in [0.3, 0.4) is 0 Å². The van der Waals surface area contributed by atoms with Gasteiger partial charge in [-0.3, -0.25) is 9.59 Å². The van der Waals surface area contributed by atoms with Gasteiger partial charge in [0.1, 0.15) is 11.3 Å². The predicted octanol–water partition coefficient (Wildman–Crippen LogP) is 2.78. The van der Waals surface area contributed by atoms with Crippen LogP contribution in [0.4, 0.5) is 0 Å². The van der Waals surface area contributed by atoms with Crippen molar-refractivity contribution >= 4 is 16.9 Å². The molecule has 1 aromatic carbocycles. The Morgan fingerprint density at radius 1 is 1.09 bits per heavy atom. The van der Waals surface area contributed by atoms with Crippen LogP contribution >= 0.6 is 0 Å². The SMILES string of the molecule is Cc1c(OCC(=O)N2C[C@@H]3C[C@@H](C2)c2cccc(=O)n2C3)ccc2c3c(c(=O)oc12)CCC3. The zero-order valence-corrected chi connectivity index (χ0v) is 18.6. The molecular weight excluding hydrogens is 420 g/mol. The van der Waals surface area contributed by atoms with E-state index in [1.54, 1.807) is 12.1 Å². The molecular formula is C26H26N2O5. The Hall–Kier alpha value is -3.35. The summed E-state index contributed by atoms with van der Waals surface area (Å²) in [6.45, 7) is 3.69. The molecule has 0 spiro atoms. The van der Waals surface area contributed by atoms with E-state index in [-0.39, 0.29) is 35.5 Å². The summed E-state index contributed by atoms with van der Waals surface area (Å²) in [5, 5.41) is 0.969. The molecule has 1 amide bonds. The Bertz CT molecular complexity index is 1400. The molecule has 2 aromatic heterocycles. The van der Waals surface area contributed by atoms with E-state index in [0.29, 0.717) is 31.0 Å². The van der Waals surface area contributed by atoms with E-state index >= 15 is 0 Å². The predicted molar refractivity (Wildman–Crippen MR) is 123 cm³/mol. The minimum absolute atomic E-state index is 0.0365. The lowest BCUT2D eigenvalue weighted by molar-refractivity contribution is -0.136. The van der Waals surface area contributed by atoms with E-state index in [4.69, 9.17) is 9.15 Å². The van der Waals surface area contributed by atoms with Crippen molar-refractivity contribution in [3.05, 3.63) is 73.5 Å². The van der Waals surface area contributed by atoms with E-state index in [2.05, 4.69) is 0 Å². The largest absolute Gasteiger partial charge is 0.483 e. The third-order valence-electron chi connectivity index (χ3n) is 7.52. The molecule has 6 rings (SSSR count). The lowest BCUT2D eigenvalue weighted by Crippen LogP contribution is -2.50. The van der Waals surface area contributed by atoms with Gasteiger partial charge in [-0.05, 0) is 62.3 Å². The van der Waals surface area contributed by atoms with Gasteiger partial charge in [-0.25, -0.2) is 4.79 Å². The monoisotopic (exact) mass is 446 g/mol. The standard InChI is InChI=1S/C26H26N2O5/c1-15-22(9-8-19-18-4-2-5-20(18)26(31)33-25(15)19)32-14-24(30)27-11-16-10-17(13-27)21-6-3-7-23(29)28(21)12-16/h3,6-9,16-17H,2,4-5,10-14H2,1H3/t16-,17-/m0/s1. The van der Waals surface area contributed by atoms with Gasteiger partial charge in [0.25, 0.3) is 11.5 Å². The van der Waals surface area contributed by atoms with Crippen molar-refractivity contribution in [2.75, 3.05) is 19.7 Å². The molecule has 0 radical (unpaired) electrons. The van der Waals surface area contributed by atoms with Crippen LogP contribution in [0.2, 0.25) is 0 Å². The van der Waals surface area contributed by atoms with Crippen molar-refractivity contribution < 1.29 is 13.9 Å². The third-order valence-corrected chi connectivity index (χ3v) is 7.52. The minimum atomic E-state index is -0.259. The first-order valence-corrected chi connectivity index (χ1v) is 11.7. The fourth-order valence-electron chi connectivity index (χ4n) is 5.95. The number of nitrogens with zero attached hydrogens (tertiary/aromatic N) is 2. The first-order chi connectivity index (χ1) is 16.0. The average molecular weight is 447 g/mol. The fourth-order valence-corrected chi connectivity index (χ4v) is 5.95. The van der Waals surface area contributed by atoms with Crippen molar-refractivity contribution in [1.82, 2.24) is 9.47 Å². The molecule has 2 bridgehead atoms. The smallest absolute Gasteiger partial charge is 0.339 e. The van der Waals surface area contributed by atoms with Crippen molar-refractivity contribution in [2.24, 2.45) is 5.92 Å². The number of benzene rings is 1. The number of ether oxygens (including phenoxy) is 1. The molecule has 3 aromatic rings. The lowest BCUT2D eigenvalue weighted by atomic mass is 9.83. The maximum Gasteiger partial charge on any atom is 0.339 e. The fraction of sp³-hybridized carbons (Fsp3) is 0.423. The molecule has 1 saturated heterocycles. The first kappa shape index (κ1) is 20.3. The van der Waals surface area contributed by atoms with E-state index in [1.165, 1.54) is 0 Å². The second kappa shape index (κ2) is 7.61. The Morgan fingerprint density at radius 3 is 2.82 bits per heavy atom. The summed E-state index contributed by atoms with van der Waals surface area (Å²) < 4.78 is 13.4. The molecule has 4 heterocycles. The molecule has 2 atom stereocenters. The summed E-state index contributed by atoms with van der Waals surface area (Å²) in [7, 11) is 0. The number of fused-ring (bicyclic) bond motifs is 7. The Balaban J connectivity index is 1.20. The van der Waals surface area contributed by atoms with Gasteiger partial charge >= 0.3 is 5.63 Å². The number of hydrogen-bond donors (Lipinski definition) is 0. The molecule has 1 aliphatic carbocycles. The highest BCUT2D eigenvalue weighted by Crippen LogP contribution is 2.36. The maximum atomic E-state index is 13.0. The number of aromatic nitrogens is 1. The normalized spacial score (nSPS) is 21.1. The van der Waals surface area contributed by atoms with Crippen molar-refractivity contribution in [1.29, 1.82) is 0 Å². The first-order valence-electron chi connectivity index (χ1n) is 11.7. The molecule has 3 aliphatic rings.